The largest absolute Gasteiger partial charge is 0.382 e. The first-order valence-corrected chi connectivity index (χ1v) is 6.02. The Morgan fingerprint density at radius 1 is 1.47 bits per heavy atom. The molecule has 0 aliphatic heterocycles. The normalized spacial score (nSPS) is 10.5. The fourth-order valence-corrected chi connectivity index (χ4v) is 1.59. The van der Waals surface area contributed by atoms with Crippen LogP contribution in [0.3, 0.4) is 0 Å². The maximum atomic E-state index is 5.24. The minimum absolute atomic E-state index is 0.799. The third-order valence-electron chi connectivity index (χ3n) is 1.93. The standard InChI is InChI=1S/C11H17BrN2O/c1-2-15-8-4-7-13-9-10-5-3-6-11(12)14-10/h3,5-6,13H,2,4,7-9H2,1H3. The van der Waals surface area contributed by atoms with E-state index in [2.05, 4.69) is 26.2 Å². The van der Waals surface area contributed by atoms with E-state index in [-0.39, 0.29) is 0 Å². The van der Waals surface area contributed by atoms with Gasteiger partial charge in [-0.05, 0) is 48.0 Å². The average Bonchev–Trinajstić information content (AvgIpc) is 2.23. The number of nitrogens with one attached hydrogen (secondary N) is 1. The molecule has 1 heterocycles. The summed E-state index contributed by atoms with van der Waals surface area (Å²) < 4.78 is 6.13. The minimum Gasteiger partial charge on any atom is -0.382 e. The lowest BCUT2D eigenvalue weighted by Gasteiger charge is -2.04. The number of nitrogens with zero attached hydrogens (tertiary/aromatic N) is 1. The maximum absolute atomic E-state index is 5.24. The van der Waals surface area contributed by atoms with Crippen LogP contribution >= 0.6 is 15.9 Å². The number of aromatic nitrogens is 1. The zero-order valence-electron chi connectivity index (χ0n) is 9.00. The molecular weight excluding hydrogens is 256 g/mol. The lowest BCUT2D eigenvalue weighted by Crippen LogP contribution is -2.17. The highest BCUT2D eigenvalue weighted by Gasteiger charge is 1.94. The van der Waals surface area contributed by atoms with Gasteiger partial charge in [0, 0.05) is 19.8 Å². The Morgan fingerprint density at radius 2 is 2.33 bits per heavy atom. The Balaban J connectivity index is 2.10. The van der Waals surface area contributed by atoms with Crippen molar-refractivity contribution in [3.63, 3.8) is 0 Å². The van der Waals surface area contributed by atoms with Crippen molar-refractivity contribution in [3.8, 4) is 0 Å². The second-order valence-electron chi connectivity index (χ2n) is 3.18. The van der Waals surface area contributed by atoms with Crippen LogP contribution in [0.25, 0.3) is 0 Å². The van der Waals surface area contributed by atoms with Crippen molar-refractivity contribution in [1.82, 2.24) is 10.3 Å². The van der Waals surface area contributed by atoms with Crippen molar-refractivity contribution in [3.05, 3.63) is 28.5 Å². The molecule has 1 aromatic heterocycles. The molecule has 1 aromatic rings. The summed E-state index contributed by atoms with van der Waals surface area (Å²) in [7, 11) is 0. The fourth-order valence-electron chi connectivity index (χ4n) is 1.21. The third-order valence-corrected chi connectivity index (χ3v) is 2.37. The second kappa shape index (κ2) is 7.79. The summed E-state index contributed by atoms with van der Waals surface area (Å²) in [5.74, 6) is 0. The highest BCUT2D eigenvalue weighted by Crippen LogP contribution is 2.05. The molecule has 4 heteroatoms. The van der Waals surface area contributed by atoms with Crippen LogP contribution in [0.2, 0.25) is 0 Å². The van der Waals surface area contributed by atoms with Crippen molar-refractivity contribution in [2.75, 3.05) is 19.8 Å². The van der Waals surface area contributed by atoms with Crippen molar-refractivity contribution in [2.24, 2.45) is 0 Å². The van der Waals surface area contributed by atoms with Crippen LogP contribution in [0.1, 0.15) is 19.0 Å². The smallest absolute Gasteiger partial charge is 0.106 e. The van der Waals surface area contributed by atoms with Crippen molar-refractivity contribution in [2.45, 2.75) is 19.9 Å². The van der Waals surface area contributed by atoms with Gasteiger partial charge < -0.3 is 10.1 Å². The van der Waals surface area contributed by atoms with Crippen LogP contribution < -0.4 is 5.32 Å². The van der Waals surface area contributed by atoms with Crippen LogP contribution in [0.5, 0.6) is 0 Å². The Kier molecular flexibility index (Phi) is 6.55. The number of hydrogen-bond donors (Lipinski definition) is 1. The van der Waals surface area contributed by atoms with Crippen LogP contribution in [0.15, 0.2) is 22.8 Å². The Labute approximate surface area is 99.4 Å². The molecule has 0 unspecified atom stereocenters. The molecule has 0 aliphatic carbocycles. The van der Waals surface area contributed by atoms with Crippen molar-refractivity contribution in [1.29, 1.82) is 0 Å². The average molecular weight is 273 g/mol. The molecule has 3 nitrogen and oxygen atoms in total. The van der Waals surface area contributed by atoms with Gasteiger partial charge in [-0.25, -0.2) is 4.98 Å². The first kappa shape index (κ1) is 12.6. The first-order valence-electron chi connectivity index (χ1n) is 5.23. The van der Waals surface area contributed by atoms with Crippen LogP contribution in [-0.4, -0.2) is 24.7 Å². The van der Waals surface area contributed by atoms with E-state index in [9.17, 15) is 0 Å². The summed E-state index contributed by atoms with van der Waals surface area (Å²) in [6, 6.07) is 5.94. The number of ether oxygens (including phenoxy) is 1. The summed E-state index contributed by atoms with van der Waals surface area (Å²) in [5, 5.41) is 3.32. The van der Waals surface area contributed by atoms with Gasteiger partial charge in [-0.2, -0.15) is 0 Å². The van der Waals surface area contributed by atoms with Crippen LogP contribution in [0.4, 0.5) is 0 Å². The SMILES string of the molecule is CCOCCCNCc1cccc(Br)n1. The molecule has 0 aliphatic rings. The zero-order chi connectivity index (χ0) is 10.9. The molecule has 0 spiro atoms. The molecule has 0 atom stereocenters. The van der Waals surface area contributed by atoms with E-state index in [1.54, 1.807) is 0 Å². The summed E-state index contributed by atoms with van der Waals surface area (Å²) in [6.07, 6.45) is 1.04. The molecule has 0 saturated heterocycles. The Hall–Kier alpha value is -0.450. The molecule has 1 rings (SSSR count). The fraction of sp³-hybridized carbons (Fsp3) is 0.545. The molecule has 0 radical (unpaired) electrons. The Bertz CT molecular complexity index is 281. The van der Waals surface area contributed by atoms with Gasteiger partial charge in [-0.1, -0.05) is 6.07 Å². The maximum Gasteiger partial charge on any atom is 0.106 e. The highest BCUT2D eigenvalue weighted by molar-refractivity contribution is 9.10. The topological polar surface area (TPSA) is 34.1 Å². The molecule has 0 aromatic carbocycles. The predicted molar refractivity (Wildman–Crippen MR) is 64.8 cm³/mol. The van der Waals surface area contributed by atoms with Crippen LogP contribution in [0, 0.1) is 0 Å². The van der Waals surface area contributed by atoms with Gasteiger partial charge in [-0.15, -0.1) is 0 Å². The second-order valence-corrected chi connectivity index (χ2v) is 3.99. The third kappa shape index (κ3) is 5.87. The van der Waals surface area contributed by atoms with E-state index < -0.39 is 0 Å². The quantitative estimate of drug-likeness (QED) is 0.611. The van der Waals surface area contributed by atoms with E-state index in [4.69, 9.17) is 4.74 Å². The molecule has 84 valence electrons. The van der Waals surface area contributed by atoms with Gasteiger partial charge in [0.2, 0.25) is 0 Å². The monoisotopic (exact) mass is 272 g/mol. The lowest BCUT2D eigenvalue weighted by atomic mass is 10.3. The van der Waals surface area contributed by atoms with Gasteiger partial charge in [0.25, 0.3) is 0 Å². The van der Waals surface area contributed by atoms with Crippen molar-refractivity contribution < 1.29 is 4.74 Å². The Morgan fingerprint density at radius 3 is 3.07 bits per heavy atom. The lowest BCUT2D eigenvalue weighted by molar-refractivity contribution is 0.144. The number of hydrogen-bond acceptors (Lipinski definition) is 3. The van der Waals surface area contributed by atoms with E-state index >= 15 is 0 Å². The molecule has 0 bridgehead atoms. The van der Waals surface area contributed by atoms with Gasteiger partial charge >= 0.3 is 0 Å². The summed E-state index contributed by atoms with van der Waals surface area (Å²) in [4.78, 5) is 4.33. The molecule has 0 amide bonds. The summed E-state index contributed by atoms with van der Waals surface area (Å²) >= 11 is 3.35. The van der Waals surface area contributed by atoms with Gasteiger partial charge in [-0.3, -0.25) is 0 Å². The summed E-state index contributed by atoms with van der Waals surface area (Å²) in [6.45, 7) is 5.42. The molecule has 0 saturated carbocycles. The van der Waals surface area contributed by atoms with E-state index in [1.165, 1.54) is 0 Å². The van der Waals surface area contributed by atoms with Gasteiger partial charge in [0.05, 0.1) is 5.69 Å². The zero-order valence-corrected chi connectivity index (χ0v) is 10.6. The van der Waals surface area contributed by atoms with E-state index in [0.29, 0.717) is 0 Å². The van der Waals surface area contributed by atoms with E-state index in [0.717, 1.165) is 43.0 Å². The van der Waals surface area contributed by atoms with Gasteiger partial charge in [0.1, 0.15) is 4.60 Å². The summed E-state index contributed by atoms with van der Waals surface area (Å²) in [5.41, 5.74) is 1.06. The number of rotatable bonds is 7. The van der Waals surface area contributed by atoms with E-state index in [1.807, 2.05) is 25.1 Å². The van der Waals surface area contributed by atoms with Crippen molar-refractivity contribution >= 4 is 15.9 Å². The first-order chi connectivity index (χ1) is 7.33. The number of halogens is 1. The highest BCUT2D eigenvalue weighted by atomic mass is 79.9. The molecule has 1 N–H and O–H groups in total. The molecule has 15 heavy (non-hydrogen) atoms. The molecular formula is C11H17BrN2O. The minimum atomic E-state index is 0.799. The molecule has 0 fully saturated rings. The van der Waals surface area contributed by atoms with Gasteiger partial charge in [0.15, 0.2) is 0 Å². The number of pyridine rings is 1. The van der Waals surface area contributed by atoms with Crippen LogP contribution in [-0.2, 0) is 11.3 Å². The predicted octanol–water partition coefficient (Wildman–Crippen LogP) is 2.36.